The molecular weight excluding hydrogens is 628 g/mol. The minimum absolute atomic E-state index is 0.274. The summed E-state index contributed by atoms with van der Waals surface area (Å²) in [6.45, 7) is 9.41. The molecule has 4 saturated heterocycles. The van der Waals surface area contributed by atoms with Crippen molar-refractivity contribution in [2.75, 3.05) is 13.2 Å². The average Bonchev–Trinajstić information content (AvgIpc) is 3.72. The topological polar surface area (TPSA) is 92.3 Å². The maximum atomic E-state index is 6.86. The zero-order chi connectivity index (χ0) is 33.8. The van der Waals surface area contributed by atoms with Gasteiger partial charge in [0.15, 0.2) is 24.2 Å². The van der Waals surface area contributed by atoms with E-state index in [1.807, 2.05) is 107 Å². The van der Waals surface area contributed by atoms with Gasteiger partial charge in [0.25, 0.3) is 0 Å². The molecule has 7 rings (SSSR count). The minimum Gasteiger partial charge on any atom is -0.374 e. The molecule has 4 aliphatic rings. The van der Waals surface area contributed by atoms with Crippen LogP contribution in [0.25, 0.3) is 0 Å². The predicted molar refractivity (Wildman–Crippen MR) is 178 cm³/mol. The summed E-state index contributed by atoms with van der Waals surface area (Å²) in [4.78, 5) is 0. The first-order valence-electron chi connectivity index (χ1n) is 17.3. The van der Waals surface area contributed by atoms with Crippen molar-refractivity contribution in [1.82, 2.24) is 0 Å². The highest BCUT2D eigenvalue weighted by Gasteiger charge is 2.60. The molecule has 3 aromatic rings. The highest BCUT2D eigenvalue weighted by Crippen LogP contribution is 2.43. The molecule has 4 heterocycles. The maximum absolute atomic E-state index is 6.86. The van der Waals surface area contributed by atoms with Gasteiger partial charge in [-0.2, -0.15) is 0 Å². The lowest BCUT2D eigenvalue weighted by Crippen LogP contribution is -2.55. The number of rotatable bonds is 13. The number of benzene rings is 3. The van der Waals surface area contributed by atoms with Crippen LogP contribution in [0.3, 0.4) is 0 Å². The molecule has 0 bridgehead atoms. The zero-order valence-corrected chi connectivity index (χ0v) is 28.7. The van der Waals surface area contributed by atoms with Crippen LogP contribution in [0, 0.1) is 0 Å². The Labute approximate surface area is 288 Å². The largest absolute Gasteiger partial charge is 0.374 e. The second kappa shape index (κ2) is 15.2. The fourth-order valence-corrected chi connectivity index (χ4v) is 6.91. The molecule has 0 spiro atoms. The van der Waals surface area contributed by atoms with Crippen molar-refractivity contribution in [3.63, 3.8) is 0 Å². The molecule has 49 heavy (non-hydrogen) atoms. The van der Waals surface area contributed by atoms with Gasteiger partial charge in [0.1, 0.15) is 36.6 Å². The van der Waals surface area contributed by atoms with Gasteiger partial charge >= 0.3 is 0 Å². The van der Waals surface area contributed by atoms with Crippen LogP contribution in [0.2, 0.25) is 0 Å². The van der Waals surface area contributed by atoms with Crippen molar-refractivity contribution in [2.45, 2.75) is 121 Å². The summed E-state index contributed by atoms with van der Waals surface area (Å²) in [6.07, 6.45) is -4.08. The molecule has 4 fully saturated rings. The Bertz CT molecular complexity index is 1450. The fourth-order valence-electron chi connectivity index (χ4n) is 6.91. The van der Waals surface area contributed by atoms with E-state index in [1.54, 1.807) is 0 Å². The van der Waals surface area contributed by atoms with Gasteiger partial charge in [0.05, 0.1) is 39.1 Å². The van der Waals surface area contributed by atoms with Gasteiger partial charge in [-0.05, 0) is 44.4 Å². The van der Waals surface area contributed by atoms with E-state index in [2.05, 4.69) is 12.1 Å². The van der Waals surface area contributed by atoms with E-state index in [-0.39, 0.29) is 18.8 Å². The quantitative estimate of drug-likeness (QED) is 0.218. The van der Waals surface area contributed by atoms with E-state index in [9.17, 15) is 0 Å². The molecule has 0 radical (unpaired) electrons. The lowest BCUT2D eigenvalue weighted by atomic mass is 10.00. The van der Waals surface area contributed by atoms with E-state index in [1.165, 1.54) is 0 Å². The predicted octanol–water partition coefficient (Wildman–Crippen LogP) is 5.90. The standard InChI is InChI=1S/C39H48O10/c1-38(2)43-25-31(47-38)34-35(36-37(46-34)49-39(3,4)48-36)45-32-20-29(41-22-27-16-10-6-11-17-27)33(42-23-28-18-12-7-13-19-28)30(44-32)24-40-21-26-14-8-5-9-15-26/h5-19,29-37H,20-25H2,1-4H3/t29-,30-,31-,32-,33-,34-,35+,36-,37-/m1/s1. The molecule has 9 atom stereocenters. The Balaban J connectivity index is 1.13. The van der Waals surface area contributed by atoms with E-state index < -0.39 is 54.7 Å². The van der Waals surface area contributed by atoms with Crippen LogP contribution in [-0.4, -0.2) is 80.1 Å². The second-order valence-electron chi connectivity index (χ2n) is 14.0. The lowest BCUT2D eigenvalue weighted by Gasteiger charge is -2.42. The van der Waals surface area contributed by atoms with Crippen molar-refractivity contribution < 1.29 is 47.4 Å². The van der Waals surface area contributed by atoms with E-state index in [0.29, 0.717) is 32.8 Å². The molecule has 10 nitrogen and oxygen atoms in total. The molecule has 10 heteroatoms. The number of fused-ring (bicyclic) bond motifs is 1. The Kier molecular flexibility index (Phi) is 10.8. The summed E-state index contributed by atoms with van der Waals surface area (Å²) >= 11 is 0. The van der Waals surface area contributed by atoms with E-state index in [0.717, 1.165) is 16.7 Å². The summed E-state index contributed by atoms with van der Waals surface area (Å²) in [5.41, 5.74) is 3.20. The number of ether oxygens (including phenoxy) is 10. The smallest absolute Gasteiger partial charge is 0.190 e. The van der Waals surface area contributed by atoms with E-state index in [4.69, 9.17) is 47.4 Å². The average molecular weight is 677 g/mol. The molecule has 4 aliphatic heterocycles. The molecule has 0 saturated carbocycles. The summed E-state index contributed by atoms with van der Waals surface area (Å²) in [6, 6.07) is 30.3. The van der Waals surface area contributed by atoms with Crippen LogP contribution >= 0.6 is 0 Å². The molecule has 0 amide bonds. The zero-order valence-electron chi connectivity index (χ0n) is 28.7. The lowest BCUT2D eigenvalue weighted by molar-refractivity contribution is -0.305. The summed E-state index contributed by atoms with van der Waals surface area (Å²) in [7, 11) is 0. The first-order valence-corrected chi connectivity index (χ1v) is 17.3. The Hall–Kier alpha value is -2.74. The first kappa shape index (κ1) is 34.7. The van der Waals surface area contributed by atoms with Crippen LogP contribution < -0.4 is 0 Å². The monoisotopic (exact) mass is 676 g/mol. The molecular formula is C39H48O10. The fraction of sp³-hybridized carbons (Fsp3) is 0.538. The van der Waals surface area contributed by atoms with Crippen LogP contribution in [0.5, 0.6) is 0 Å². The Morgan fingerprint density at radius 3 is 1.86 bits per heavy atom. The molecule has 0 aliphatic carbocycles. The first-order chi connectivity index (χ1) is 23.7. The number of hydrogen-bond donors (Lipinski definition) is 0. The van der Waals surface area contributed by atoms with Crippen molar-refractivity contribution >= 4 is 0 Å². The highest BCUT2D eigenvalue weighted by atomic mass is 16.9. The Morgan fingerprint density at radius 2 is 1.24 bits per heavy atom. The van der Waals surface area contributed by atoms with Gasteiger partial charge in [-0.25, -0.2) is 0 Å². The van der Waals surface area contributed by atoms with Crippen molar-refractivity contribution in [3.8, 4) is 0 Å². The minimum atomic E-state index is -0.826. The molecule has 0 unspecified atom stereocenters. The SMILES string of the molecule is CC1(C)O[C@H]2O[C@H]([C@H]3COC(C)(C)O3)[C@H](O[C@@H]3C[C@@H](OCc4ccccc4)[C@@H](OCc4ccccc4)[C@@H](COCc4ccccc4)O3)[C@H]2O1. The molecule has 0 N–H and O–H groups in total. The van der Waals surface area contributed by atoms with Crippen LogP contribution in [0.15, 0.2) is 91.0 Å². The van der Waals surface area contributed by atoms with Gasteiger partial charge in [0, 0.05) is 6.42 Å². The molecule has 264 valence electrons. The third-order valence-corrected chi connectivity index (χ3v) is 9.20. The molecule has 3 aromatic carbocycles. The van der Waals surface area contributed by atoms with Gasteiger partial charge in [-0.3, -0.25) is 0 Å². The highest BCUT2D eigenvalue weighted by molar-refractivity contribution is 5.15. The molecule has 0 aromatic heterocycles. The summed E-state index contributed by atoms with van der Waals surface area (Å²) in [5, 5.41) is 0. The third-order valence-electron chi connectivity index (χ3n) is 9.20. The van der Waals surface area contributed by atoms with Crippen molar-refractivity contribution in [3.05, 3.63) is 108 Å². The number of hydrogen-bond acceptors (Lipinski definition) is 10. The van der Waals surface area contributed by atoms with Crippen molar-refractivity contribution in [2.24, 2.45) is 0 Å². The van der Waals surface area contributed by atoms with Crippen LogP contribution in [0.1, 0.15) is 50.8 Å². The van der Waals surface area contributed by atoms with Gasteiger partial charge < -0.3 is 47.4 Å². The second-order valence-corrected chi connectivity index (χ2v) is 14.0. The van der Waals surface area contributed by atoms with Gasteiger partial charge in [-0.1, -0.05) is 91.0 Å². The maximum Gasteiger partial charge on any atom is 0.190 e. The van der Waals surface area contributed by atoms with Gasteiger partial charge in [-0.15, -0.1) is 0 Å². The third kappa shape index (κ3) is 8.77. The van der Waals surface area contributed by atoms with Gasteiger partial charge in [0.2, 0.25) is 0 Å². The van der Waals surface area contributed by atoms with E-state index >= 15 is 0 Å². The van der Waals surface area contributed by atoms with Crippen molar-refractivity contribution in [1.29, 1.82) is 0 Å². The normalized spacial score (nSPS) is 33.4. The van der Waals surface area contributed by atoms with Crippen LogP contribution in [0.4, 0.5) is 0 Å². The summed E-state index contributed by atoms with van der Waals surface area (Å²) in [5.74, 6) is -1.56. The summed E-state index contributed by atoms with van der Waals surface area (Å²) < 4.78 is 64.2. The van der Waals surface area contributed by atoms with Crippen LogP contribution in [-0.2, 0) is 67.2 Å². The Morgan fingerprint density at radius 1 is 0.633 bits per heavy atom.